The number of para-hydroxylation sites is 1. The molecule has 0 atom stereocenters. The SMILES string of the molecule is COc1ccccc1-c1nc(Br)c(C#N)n1C. The molecule has 0 fully saturated rings. The van der Waals surface area contributed by atoms with Gasteiger partial charge >= 0.3 is 0 Å². The molecule has 2 rings (SSSR count). The van der Waals surface area contributed by atoms with Gasteiger partial charge in [0, 0.05) is 7.05 Å². The first-order valence-electron chi connectivity index (χ1n) is 4.94. The van der Waals surface area contributed by atoms with Crippen LogP contribution >= 0.6 is 15.9 Å². The molecular weight excluding hydrogens is 282 g/mol. The molecule has 86 valence electrons. The molecule has 0 saturated carbocycles. The first kappa shape index (κ1) is 11.7. The fourth-order valence-electron chi connectivity index (χ4n) is 1.66. The van der Waals surface area contributed by atoms with Gasteiger partial charge in [-0.3, -0.25) is 0 Å². The summed E-state index contributed by atoms with van der Waals surface area (Å²) in [6.45, 7) is 0. The molecule has 5 heteroatoms. The maximum atomic E-state index is 9.01. The Hall–Kier alpha value is -1.80. The van der Waals surface area contributed by atoms with Crippen LogP contribution in [0.2, 0.25) is 0 Å². The molecule has 0 aliphatic rings. The molecule has 17 heavy (non-hydrogen) atoms. The number of hydrogen-bond acceptors (Lipinski definition) is 3. The molecule has 1 aromatic carbocycles. The lowest BCUT2D eigenvalue weighted by Crippen LogP contribution is -1.97. The Morgan fingerprint density at radius 2 is 2.12 bits per heavy atom. The van der Waals surface area contributed by atoms with Crippen molar-refractivity contribution in [1.29, 1.82) is 5.26 Å². The highest BCUT2D eigenvalue weighted by molar-refractivity contribution is 9.10. The van der Waals surface area contributed by atoms with Crippen LogP contribution in [0.5, 0.6) is 5.75 Å². The van der Waals surface area contributed by atoms with E-state index < -0.39 is 0 Å². The molecule has 0 aliphatic carbocycles. The molecule has 0 unspecified atom stereocenters. The fraction of sp³-hybridized carbons (Fsp3) is 0.167. The van der Waals surface area contributed by atoms with Crippen LogP contribution in [0, 0.1) is 11.3 Å². The van der Waals surface area contributed by atoms with Gasteiger partial charge in [0.25, 0.3) is 0 Å². The Balaban J connectivity index is 2.66. The molecule has 0 amide bonds. The molecule has 4 nitrogen and oxygen atoms in total. The number of halogens is 1. The summed E-state index contributed by atoms with van der Waals surface area (Å²) in [5, 5.41) is 9.01. The van der Waals surface area contributed by atoms with Crippen LogP contribution in [0.1, 0.15) is 5.69 Å². The summed E-state index contributed by atoms with van der Waals surface area (Å²) in [6.07, 6.45) is 0. The second-order valence-electron chi connectivity index (χ2n) is 3.45. The van der Waals surface area contributed by atoms with Gasteiger partial charge in [-0.15, -0.1) is 0 Å². The summed E-state index contributed by atoms with van der Waals surface area (Å²) in [4.78, 5) is 4.34. The van der Waals surface area contributed by atoms with Crippen molar-refractivity contribution in [3.05, 3.63) is 34.6 Å². The molecule has 1 heterocycles. The smallest absolute Gasteiger partial charge is 0.154 e. The average molecular weight is 292 g/mol. The summed E-state index contributed by atoms with van der Waals surface area (Å²) < 4.78 is 7.57. The second-order valence-corrected chi connectivity index (χ2v) is 4.20. The van der Waals surface area contributed by atoms with E-state index in [0.717, 1.165) is 11.3 Å². The van der Waals surface area contributed by atoms with Crippen molar-refractivity contribution >= 4 is 15.9 Å². The predicted octanol–water partition coefficient (Wildman–Crippen LogP) is 2.73. The molecule has 0 saturated heterocycles. The third-order valence-corrected chi connectivity index (χ3v) is 3.06. The van der Waals surface area contributed by atoms with Gasteiger partial charge in [0.05, 0.1) is 12.7 Å². The second kappa shape index (κ2) is 4.60. The predicted molar refractivity (Wildman–Crippen MR) is 67.6 cm³/mol. The zero-order chi connectivity index (χ0) is 12.4. The highest BCUT2D eigenvalue weighted by Crippen LogP contribution is 2.31. The Labute approximate surface area is 108 Å². The first-order chi connectivity index (χ1) is 8.19. The van der Waals surface area contributed by atoms with Crippen molar-refractivity contribution < 1.29 is 4.74 Å². The van der Waals surface area contributed by atoms with Gasteiger partial charge < -0.3 is 9.30 Å². The summed E-state index contributed by atoms with van der Waals surface area (Å²) in [5.41, 5.74) is 1.35. The van der Waals surface area contributed by atoms with E-state index in [1.54, 1.807) is 18.7 Å². The van der Waals surface area contributed by atoms with Gasteiger partial charge in [-0.05, 0) is 28.1 Å². The van der Waals surface area contributed by atoms with E-state index in [-0.39, 0.29) is 0 Å². The molecule has 0 radical (unpaired) electrons. The van der Waals surface area contributed by atoms with Crippen molar-refractivity contribution in [1.82, 2.24) is 9.55 Å². The highest BCUT2D eigenvalue weighted by Gasteiger charge is 2.16. The van der Waals surface area contributed by atoms with E-state index in [1.807, 2.05) is 24.3 Å². The van der Waals surface area contributed by atoms with Crippen molar-refractivity contribution in [2.45, 2.75) is 0 Å². The summed E-state index contributed by atoms with van der Waals surface area (Å²) in [7, 11) is 3.42. The minimum atomic E-state index is 0.492. The van der Waals surface area contributed by atoms with Crippen LogP contribution in [0.15, 0.2) is 28.9 Å². The quantitative estimate of drug-likeness (QED) is 0.855. The third kappa shape index (κ3) is 1.92. The van der Waals surface area contributed by atoms with E-state index in [1.165, 1.54) is 0 Å². The average Bonchev–Trinajstić information content (AvgIpc) is 2.64. The molecule has 0 spiro atoms. The van der Waals surface area contributed by atoms with Gasteiger partial charge in [-0.25, -0.2) is 4.98 Å². The van der Waals surface area contributed by atoms with Crippen molar-refractivity contribution in [2.24, 2.45) is 7.05 Å². The number of benzene rings is 1. The van der Waals surface area contributed by atoms with E-state index in [0.29, 0.717) is 16.1 Å². The molecular formula is C12H10BrN3O. The lowest BCUT2D eigenvalue weighted by Gasteiger charge is -2.07. The van der Waals surface area contributed by atoms with Crippen molar-refractivity contribution in [2.75, 3.05) is 7.11 Å². The van der Waals surface area contributed by atoms with Crippen molar-refractivity contribution in [3.63, 3.8) is 0 Å². The Morgan fingerprint density at radius 3 is 2.71 bits per heavy atom. The van der Waals surface area contributed by atoms with E-state index in [2.05, 4.69) is 27.0 Å². The number of nitriles is 1. The molecule has 1 aromatic heterocycles. The van der Waals surface area contributed by atoms with Gasteiger partial charge in [-0.1, -0.05) is 12.1 Å². The standard InChI is InChI=1S/C12H10BrN3O/c1-16-9(7-14)11(13)15-12(16)8-5-3-4-6-10(8)17-2/h3-6H,1-2H3. The summed E-state index contributed by atoms with van der Waals surface area (Å²) >= 11 is 3.28. The highest BCUT2D eigenvalue weighted by atomic mass is 79.9. The van der Waals surface area contributed by atoms with Crippen LogP contribution in [-0.2, 0) is 7.05 Å². The maximum absolute atomic E-state index is 9.01. The lowest BCUT2D eigenvalue weighted by molar-refractivity contribution is 0.416. The van der Waals surface area contributed by atoms with Crippen LogP contribution in [0.3, 0.4) is 0 Å². The summed E-state index contributed by atoms with van der Waals surface area (Å²) in [5.74, 6) is 1.43. The monoisotopic (exact) mass is 291 g/mol. The number of nitrogens with zero attached hydrogens (tertiary/aromatic N) is 3. The lowest BCUT2D eigenvalue weighted by atomic mass is 10.2. The van der Waals surface area contributed by atoms with Crippen LogP contribution in [0.25, 0.3) is 11.4 Å². The van der Waals surface area contributed by atoms with Crippen LogP contribution in [-0.4, -0.2) is 16.7 Å². The van der Waals surface area contributed by atoms with Crippen LogP contribution < -0.4 is 4.74 Å². The molecule has 0 bridgehead atoms. The van der Waals surface area contributed by atoms with E-state index in [9.17, 15) is 0 Å². The minimum Gasteiger partial charge on any atom is -0.496 e. The molecule has 0 N–H and O–H groups in total. The normalized spacial score (nSPS) is 10.0. The Morgan fingerprint density at radius 1 is 1.41 bits per heavy atom. The summed E-state index contributed by atoms with van der Waals surface area (Å²) in [6, 6.07) is 9.68. The van der Waals surface area contributed by atoms with E-state index >= 15 is 0 Å². The largest absolute Gasteiger partial charge is 0.496 e. The third-order valence-electron chi connectivity index (χ3n) is 2.51. The Bertz CT molecular complexity index is 598. The number of ether oxygens (including phenoxy) is 1. The van der Waals surface area contributed by atoms with Crippen LogP contribution in [0.4, 0.5) is 0 Å². The van der Waals surface area contributed by atoms with Gasteiger partial charge in [0.1, 0.15) is 22.2 Å². The molecule has 0 aliphatic heterocycles. The first-order valence-corrected chi connectivity index (χ1v) is 5.74. The van der Waals surface area contributed by atoms with Crippen molar-refractivity contribution in [3.8, 4) is 23.2 Å². The number of rotatable bonds is 2. The van der Waals surface area contributed by atoms with Gasteiger partial charge in [-0.2, -0.15) is 5.26 Å². The number of aromatic nitrogens is 2. The Kier molecular flexibility index (Phi) is 3.16. The topological polar surface area (TPSA) is 50.8 Å². The number of methoxy groups -OCH3 is 1. The molecule has 2 aromatic rings. The number of imidazole rings is 1. The number of hydrogen-bond donors (Lipinski definition) is 0. The zero-order valence-electron chi connectivity index (χ0n) is 9.44. The minimum absolute atomic E-state index is 0.492. The van der Waals surface area contributed by atoms with Gasteiger partial charge in [0.2, 0.25) is 0 Å². The fourth-order valence-corrected chi connectivity index (χ4v) is 2.18. The van der Waals surface area contributed by atoms with Gasteiger partial charge in [0.15, 0.2) is 5.69 Å². The maximum Gasteiger partial charge on any atom is 0.154 e. The zero-order valence-corrected chi connectivity index (χ0v) is 11.0. The van der Waals surface area contributed by atoms with E-state index in [4.69, 9.17) is 10.00 Å².